The van der Waals surface area contributed by atoms with Gasteiger partial charge in [-0.05, 0) is 30.3 Å². The number of fused-ring (bicyclic) bond motifs is 2. The molecule has 1 aliphatic rings. The SMILES string of the molecule is Nc1c(-c2nc3ccccc3[nH]c2=O)[nH]c2ccc(C(=O)NCCN3CCOCC3)cc12. The van der Waals surface area contributed by atoms with Crippen molar-refractivity contribution in [1.82, 2.24) is 25.2 Å². The summed E-state index contributed by atoms with van der Waals surface area (Å²) in [4.78, 5) is 38.0. The number of nitrogen functional groups attached to an aromatic ring is 1. The molecule has 9 heteroatoms. The molecule has 3 heterocycles. The predicted octanol–water partition coefficient (Wildman–Crippen LogP) is 1.72. The number of morpholine rings is 1. The quantitative estimate of drug-likeness (QED) is 0.380. The lowest BCUT2D eigenvalue weighted by molar-refractivity contribution is 0.0383. The summed E-state index contributed by atoms with van der Waals surface area (Å²) in [7, 11) is 0. The molecule has 2 aromatic heterocycles. The first-order chi connectivity index (χ1) is 15.6. The zero-order valence-electron chi connectivity index (χ0n) is 17.5. The second kappa shape index (κ2) is 8.45. The van der Waals surface area contributed by atoms with Crippen molar-refractivity contribution < 1.29 is 9.53 Å². The molecule has 0 spiro atoms. The first-order valence-corrected chi connectivity index (χ1v) is 10.6. The van der Waals surface area contributed by atoms with Crippen molar-refractivity contribution in [1.29, 1.82) is 0 Å². The molecule has 0 saturated carbocycles. The lowest BCUT2D eigenvalue weighted by atomic mass is 10.1. The average molecular weight is 432 g/mol. The summed E-state index contributed by atoms with van der Waals surface area (Å²) in [5.74, 6) is -0.163. The van der Waals surface area contributed by atoms with Gasteiger partial charge in [-0.1, -0.05) is 12.1 Å². The van der Waals surface area contributed by atoms with E-state index in [4.69, 9.17) is 10.5 Å². The highest BCUT2D eigenvalue weighted by atomic mass is 16.5. The first kappa shape index (κ1) is 20.2. The van der Waals surface area contributed by atoms with Crippen molar-refractivity contribution in [3.8, 4) is 11.4 Å². The molecule has 0 unspecified atom stereocenters. The molecule has 0 radical (unpaired) electrons. The smallest absolute Gasteiger partial charge is 0.276 e. The minimum Gasteiger partial charge on any atom is -0.396 e. The number of ether oxygens (including phenoxy) is 1. The van der Waals surface area contributed by atoms with Gasteiger partial charge in [0, 0.05) is 42.6 Å². The Morgan fingerprint density at radius 1 is 1.12 bits per heavy atom. The number of nitrogens with two attached hydrogens (primary N) is 1. The van der Waals surface area contributed by atoms with Crippen molar-refractivity contribution in [3.63, 3.8) is 0 Å². The first-order valence-electron chi connectivity index (χ1n) is 10.6. The summed E-state index contributed by atoms with van der Waals surface area (Å²) in [6.45, 7) is 4.56. The Morgan fingerprint density at radius 2 is 1.94 bits per heavy atom. The van der Waals surface area contributed by atoms with E-state index in [2.05, 4.69) is 25.2 Å². The number of benzene rings is 2. The van der Waals surface area contributed by atoms with Crippen LogP contribution in [0.1, 0.15) is 10.4 Å². The number of aromatic nitrogens is 3. The molecular formula is C23H24N6O3. The molecule has 0 aliphatic carbocycles. The van der Waals surface area contributed by atoms with Gasteiger partial charge in [0.2, 0.25) is 0 Å². The van der Waals surface area contributed by atoms with E-state index in [1.165, 1.54) is 0 Å². The van der Waals surface area contributed by atoms with E-state index < -0.39 is 0 Å². The highest BCUT2D eigenvalue weighted by Gasteiger charge is 2.17. The van der Waals surface area contributed by atoms with Crippen LogP contribution in [0.3, 0.4) is 0 Å². The van der Waals surface area contributed by atoms with Crippen molar-refractivity contribution >= 4 is 33.5 Å². The largest absolute Gasteiger partial charge is 0.396 e. The van der Waals surface area contributed by atoms with Gasteiger partial charge in [0.05, 0.1) is 35.6 Å². The minimum absolute atomic E-state index is 0.163. The second-order valence-corrected chi connectivity index (χ2v) is 7.82. The van der Waals surface area contributed by atoms with Crippen LogP contribution in [-0.4, -0.2) is 65.2 Å². The number of carbonyl (C=O) groups excluding carboxylic acids is 1. The van der Waals surface area contributed by atoms with Gasteiger partial charge >= 0.3 is 0 Å². The molecule has 5 rings (SSSR count). The van der Waals surface area contributed by atoms with E-state index >= 15 is 0 Å². The van der Waals surface area contributed by atoms with Gasteiger partial charge in [-0.3, -0.25) is 14.5 Å². The number of para-hydroxylation sites is 2. The van der Waals surface area contributed by atoms with E-state index in [1.807, 2.05) is 18.2 Å². The van der Waals surface area contributed by atoms with Gasteiger partial charge in [-0.25, -0.2) is 4.98 Å². The maximum Gasteiger partial charge on any atom is 0.276 e. The highest BCUT2D eigenvalue weighted by molar-refractivity contribution is 6.04. The van der Waals surface area contributed by atoms with Crippen molar-refractivity contribution in [2.24, 2.45) is 0 Å². The second-order valence-electron chi connectivity index (χ2n) is 7.82. The van der Waals surface area contributed by atoms with Crippen LogP contribution in [0.4, 0.5) is 5.69 Å². The molecule has 1 fully saturated rings. The number of hydrogen-bond donors (Lipinski definition) is 4. The zero-order valence-corrected chi connectivity index (χ0v) is 17.5. The van der Waals surface area contributed by atoms with Crippen LogP contribution >= 0.6 is 0 Å². The van der Waals surface area contributed by atoms with Gasteiger partial charge in [0.15, 0.2) is 5.69 Å². The monoisotopic (exact) mass is 432 g/mol. The van der Waals surface area contributed by atoms with Crippen LogP contribution in [0.2, 0.25) is 0 Å². The van der Waals surface area contributed by atoms with E-state index in [-0.39, 0.29) is 17.2 Å². The van der Waals surface area contributed by atoms with Crippen LogP contribution in [0, 0.1) is 0 Å². The number of rotatable bonds is 5. The number of amides is 1. The summed E-state index contributed by atoms with van der Waals surface area (Å²) in [6, 6.07) is 12.6. The van der Waals surface area contributed by atoms with Crippen LogP contribution in [-0.2, 0) is 4.74 Å². The lowest BCUT2D eigenvalue weighted by Gasteiger charge is -2.26. The number of nitrogens with zero attached hydrogens (tertiary/aromatic N) is 2. The molecule has 2 aromatic carbocycles. The molecule has 164 valence electrons. The third-order valence-corrected chi connectivity index (χ3v) is 5.75. The van der Waals surface area contributed by atoms with Crippen LogP contribution in [0.25, 0.3) is 33.3 Å². The van der Waals surface area contributed by atoms with Gasteiger partial charge in [-0.2, -0.15) is 0 Å². The van der Waals surface area contributed by atoms with E-state index in [9.17, 15) is 9.59 Å². The number of hydrogen-bond acceptors (Lipinski definition) is 6. The molecule has 0 atom stereocenters. The molecule has 0 bridgehead atoms. The molecule has 4 aromatic rings. The summed E-state index contributed by atoms with van der Waals surface area (Å²) in [5, 5.41) is 3.63. The maximum atomic E-state index is 12.6. The van der Waals surface area contributed by atoms with Crippen molar-refractivity contribution in [3.05, 3.63) is 58.4 Å². The Labute approximate surface area is 183 Å². The standard InChI is InChI=1S/C23H24N6O3/c24-19-15-13-14(22(30)25-7-8-29-9-11-32-12-10-29)5-6-16(15)26-20(19)21-23(31)28-18-4-2-1-3-17(18)27-21/h1-6,13,26H,7-12,24H2,(H,25,30)(H,28,31). The summed E-state index contributed by atoms with van der Waals surface area (Å²) < 4.78 is 5.34. The fourth-order valence-corrected chi connectivity index (χ4v) is 3.99. The molecular weight excluding hydrogens is 408 g/mol. The van der Waals surface area contributed by atoms with Gasteiger partial charge in [-0.15, -0.1) is 0 Å². The molecule has 1 saturated heterocycles. The number of nitrogens with one attached hydrogen (secondary N) is 3. The molecule has 1 aliphatic heterocycles. The van der Waals surface area contributed by atoms with Crippen molar-refractivity contribution in [2.75, 3.05) is 45.1 Å². The predicted molar refractivity (Wildman–Crippen MR) is 124 cm³/mol. The Hall–Kier alpha value is -3.69. The number of aromatic amines is 2. The molecule has 9 nitrogen and oxygen atoms in total. The number of carbonyl (C=O) groups is 1. The number of H-pyrrole nitrogens is 2. The summed E-state index contributed by atoms with van der Waals surface area (Å²) in [5.41, 5.74) is 9.66. The Balaban J connectivity index is 1.39. The molecule has 1 amide bonds. The van der Waals surface area contributed by atoms with Crippen LogP contribution in [0.5, 0.6) is 0 Å². The van der Waals surface area contributed by atoms with E-state index in [0.29, 0.717) is 39.9 Å². The third kappa shape index (κ3) is 3.83. The van der Waals surface area contributed by atoms with Crippen molar-refractivity contribution in [2.45, 2.75) is 0 Å². The van der Waals surface area contributed by atoms with Gasteiger partial charge in [0.25, 0.3) is 11.5 Å². The van der Waals surface area contributed by atoms with Crippen LogP contribution in [0.15, 0.2) is 47.3 Å². The zero-order chi connectivity index (χ0) is 22.1. The minimum atomic E-state index is -0.331. The summed E-state index contributed by atoms with van der Waals surface area (Å²) in [6.07, 6.45) is 0. The Bertz CT molecular complexity index is 1350. The maximum absolute atomic E-state index is 12.6. The van der Waals surface area contributed by atoms with E-state index in [1.54, 1.807) is 24.3 Å². The highest BCUT2D eigenvalue weighted by Crippen LogP contribution is 2.31. The van der Waals surface area contributed by atoms with Gasteiger partial charge in [0.1, 0.15) is 0 Å². The summed E-state index contributed by atoms with van der Waals surface area (Å²) >= 11 is 0. The fourth-order valence-electron chi connectivity index (χ4n) is 3.99. The van der Waals surface area contributed by atoms with Gasteiger partial charge < -0.3 is 25.8 Å². The Kier molecular flexibility index (Phi) is 5.34. The topological polar surface area (TPSA) is 129 Å². The normalized spacial score (nSPS) is 14.8. The van der Waals surface area contributed by atoms with E-state index in [0.717, 1.165) is 38.4 Å². The third-order valence-electron chi connectivity index (χ3n) is 5.75. The fraction of sp³-hybridized carbons (Fsp3) is 0.261. The Morgan fingerprint density at radius 3 is 2.78 bits per heavy atom. The van der Waals surface area contributed by atoms with Crippen LogP contribution < -0.4 is 16.6 Å². The lowest BCUT2D eigenvalue weighted by Crippen LogP contribution is -2.41. The average Bonchev–Trinajstić information content (AvgIpc) is 3.15. The molecule has 5 N–H and O–H groups in total. The number of anilines is 1. The molecule has 32 heavy (non-hydrogen) atoms.